The molecule has 3 aromatic rings. The molecule has 3 rings (SSSR count). The molecule has 0 bridgehead atoms. The van der Waals surface area contributed by atoms with Crippen molar-refractivity contribution in [2.75, 3.05) is 11.9 Å². The van der Waals surface area contributed by atoms with Gasteiger partial charge in [0.2, 0.25) is 0 Å². The number of benzene rings is 2. The molecule has 0 atom stereocenters. The molecule has 28 heavy (non-hydrogen) atoms. The standard InChI is InChI=1S/C18H16ClF2N5O2/c1-11-3-5-13(26-10-22-24-25-26)8-16(11)28-9-17(27)23-12-4-6-15(19)14(7-12)18(2,20)21/h3-8,10H,9H2,1-2H3,(H,23,27). The van der Waals surface area contributed by atoms with Gasteiger partial charge >= 0.3 is 0 Å². The molecule has 10 heteroatoms. The molecule has 0 unspecified atom stereocenters. The number of amides is 1. The number of nitrogens with zero attached hydrogens (tertiary/aromatic N) is 4. The highest BCUT2D eigenvalue weighted by Crippen LogP contribution is 2.34. The zero-order valence-corrected chi connectivity index (χ0v) is 15.7. The van der Waals surface area contributed by atoms with Crippen LogP contribution in [-0.2, 0) is 10.7 Å². The Hall–Kier alpha value is -3.07. The lowest BCUT2D eigenvalue weighted by Crippen LogP contribution is -2.21. The summed E-state index contributed by atoms with van der Waals surface area (Å²) in [7, 11) is 0. The quantitative estimate of drug-likeness (QED) is 0.673. The predicted octanol–water partition coefficient (Wildman–Crippen LogP) is 3.75. The molecule has 146 valence electrons. The summed E-state index contributed by atoms with van der Waals surface area (Å²) in [5, 5.41) is 13.4. The molecule has 0 fully saturated rings. The highest BCUT2D eigenvalue weighted by Gasteiger charge is 2.27. The molecule has 1 aromatic heterocycles. The van der Waals surface area contributed by atoms with Crippen LogP contribution in [0.1, 0.15) is 18.1 Å². The van der Waals surface area contributed by atoms with E-state index in [2.05, 4.69) is 20.8 Å². The Labute approximate surface area is 164 Å². The molecule has 0 saturated carbocycles. The summed E-state index contributed by atoms with van der Waals surface area (Å²) in [4.78, 5) is 12.2. The van der Waals surface area contributed by atoms with Gasteiger partial charge in [0.1, 0.15) is 12.1 Å². The number of alkyl halides is 2. The number of hydrogen-bond acceptors (Lipinski definition) is 5. The van der Waals surface area contributed by atoms with Crippen molar-refractivity contribution in [2.24, 2.45) is 0 Å². The number of aryl methyl sites for hydroxylation is 1. The van der Waals surface area contributed by atoms with Gasteiger partial charge in [0.25, 0.3) is 11.8 Å². The van der Waals surface area contributed by atoms with Gasteiger partial charge in [0.15, 0.2) is 6.61 Å². The number of rotatable bonds is 6. The lowest BCUT2D eigenvalue weighted by Gasteiger charge is -2.15. The van der Waals surface area contributed by atoms with Crippen molar-refractivity contribution in [1.82, 2.24) is 20.2 Å². The van der Waals surface area contributed by atoms with Crippen LogP contribution in [-0.4, -0.2) is 32.7 Å². The lowest BCUT2D eigenvalue weighted by atomic mass is 10.1. The van der Waals surface area contributed by atoms with E-state index in [0.717, 1.165) is 18.6 Å². The molecule has 0 radical (unpaired) electrons. The van der Waals surface area contributed by atoms with Crippen LogP contribution in [0.4, 0.5) is 14.5 Å². The second-order valence-electron chi connectivity index (χ2n) is 6.12. The smallest absolute Gasteiger partial charge is 0.272 e. The van der Waals surface area contributed by atoms with Gasteiger partial charge in [-0.2, -0.15) is 0 Å². The van der Waals surface area contributed by atoms with E-state index in [-0.39, 0.29) is 22.9 Å². The molecule has 1 N–H and O–H groups in total. The largest absolute Gasteiger partial charge is 0.483 e. The van der Waals surface area contributed by atoms with Gasteiger partial charge in [0.05, 0.1) is 5.69 Å². The topological polar surface area (TPSA) is 81.9 Å². The van der Waals surface area contributed by atoms with Crippen LogP contribution < -0.4 is 10.1 Å². The molecule has 2 aromatic carbocycles. The van der Waals surface area contributed by atoms with Crippen LogP contribution in [0.3, 0.4) is 0 Å². The van der Waals surface area contributed by atoms with Crippen LogP contribution in [0.15, 0.2) is 42.7 Å². The van der Waals surface area contributed by atoms with Crippen LogP contribution >= 0.6 is 11.6 Å². The van der Waals surface area contributed by atoms with Gasteiger partial charge in [-0.3, -0.25) is 4.79 Å². The highest BCUT2D eigenvalue weighted by molar-refractivity contribution is 6.31. The monoisotopic (exact) mass is 407 g/mol. The molecule has 0 aliphatic rings. The number of ether oxygens (including phenoxy) is 1. The third kappa shape index (κ3) is 4.61. The summed E-state index contributed by atoms with van der Waals surface area (Å²) in [5.74, 6) is -3.15. The van der Waals surface area contributed by atoms with E-state index in [1.165, 1.54) is 23.1 Å². The molecular weight excluding hydrogens is 392 g/mol. The van der Waals surface area contributed by atoms with Gasteiger partial charge in [-0.25, -0.2) is 13.5 Å². The van der Waals surface area contributed by atoms with Crippen molar-refractivity contribution in [3.63, 3.8) is 0 Å². The Kier molecular flexibility index (Phi) is 5.55. The number of anilines is 1. The fraction of sp³-hybridized carbons (Fsp3) is 0.222. The van der Waals surface area contributed by atoms with E-state index < -0.39 is 11.8 Å². The molecule has 1 amide bonds. The Bertz CT molecular complexity index is 990. The second-order valence-corrected chi connectivity index (χ2v) is 6.53. The third-order valence-corrected chi connectivity index (χ3v) is 4.20. The maximum atomic E-state index is 13.6. The van der Waals surface area contributed by atoms with Crippen molar-refractivity contribution in [2.45, 2.75) is 19.8 Å². The Balaban J connectivity index is 1.68. The van der Waals surface area contributed by atoms with Crippen molar-refractivity contribution < 1.29 is 18.3 Å². The number of carbonyl (C=O) groups is 1. The van der Waals surface area contributed by atoms with Crippen molar-refractivity contribution in [3.05, 3.63) is 58.9 Å². The van der Waals surface area contributed by atoms with E-state index in [1.54, 1.807) is 18.2 Å². The second kappa shape index (κ2) is 7.89. The summed E-state index contributed by atoms with van der Waals surface area (Å²) in [5.41, 5.74) is 1.31. The minimum Gasteiger partial charge on any atom is -0.483 e. The van der Waals surface area contributed by atoms with E-state index in [0.29, 0.717) is 11.4 Å². The Morgan fingerprint density at radius 2 is 2.07 bits per heavy atom. The average Bonchev–Trinajstić information content (AvgIpc) is 3.16. The summed E-state index contributed by atoms with van der Waals surface area (Å²) in [6, 6.07) is 9.20. The zero-order chi connectivity index (χ0) is 20.3. The molecule has 0 saturated heterocycles. The maximum Gasteiger partial charge on any atom is 0.272 e. The molecule has 0 aliphatic carbocycles. The first-order valence-corrected chi connectivity index (χ1v) is 8.56. The first kappa shape index (κ1) is 19.7. The minimum atomic E-state index is -3.12. The lowest BCUT2D eigenvalue weighted by molar-refractivity contribution is -0.118. The van der Waals surface area contributed by atoms with E-state index in [4.69, 9.17) is 16.3 Å². The summed E-state index contributed by atoms with van der Waals surface area (Å²) in [6.45, 7) is 2.26. The number of tetrazole rings is 1. The van der Waals surface area contributed by atoms with Crippen molar-refractivity contribution in [3.8, 4) is 11.4 Å². The van der Waals surface area contributed by atoms with Gasteiger partial charge in [-0.1, -0.05) is 17.7 Å². The van der Waals surface area contributed by atoms with Crippen LogP contribution in [0, 0.1) is 6.92 Å². The van der Waals surface area contributed by atoms with E-state index in [1.807, 2.05) is 6.92 Å². The van der Waals surface area contributed by atoms with Gasteiger partial charge in [-0.05, 0) is 47.2 Å². The molecular formula is C18H16ClF2N5O2. The summed E-state index contributed by atoms with van der Waals surface area (Å²) < 4.78 is 34.1. The zero-order valence-electron chi connectivity index (χ0n) is 15.0. The molecule has 0 spiro atoms. The van der Waals surface area contributed by atoms with Crippen LogP contribution in [0.25, 0.3) is 5.69 Å². The van der Waals surface area contributed by atoms with Crippen molar-refractivity contribution >= 4 is 23.2 Å². The highest BCUT2D eigenvalue weighted by atomic mass is 35.5. The maximum absolute atomic E-state index is 13.6. The van der Waals surface area contributed by atoms with Gasteiger partial charge < -0.3 is 10.1 Å². The third-order valence-electron chi connectivity index (χ3n) is 3.87. The first-order valence-electron chi connectivity index (χ1n) is 8.18. The molecule has 0 aliphatic heterocycles. The van der Waals surface area contributed by atoms with Crippen molar-refractivity contribution in [1.29, 1.82) is 0 Å². The number of nitrogens with one attached hydrogen (secondary N) is 1. The number of hydrogen-bond donors (Lipinski definition) is 1. The Morgan fingerprint density at radius 1 is 1.29 bits per heavy atom. The number of aromatic nitrogens is 4. The Morgan fingerprint density at radius 3 is 2.75 bits per heavy atom. The number of halogens is 3. The van der Waals surface area contributed by atoms with Crippen LogP contribution in [0.5, 0.6) is 5.75 Å². The van der Waals surface area contributed by atoms with E-state index >= 15 is 0 Å². The predicted molar refractivity (Wildman–Crippen MR) is 99.0 cm³/mol. The van der Waals surface area contributed by atoms with Crippen LogP contribution in [0.2, 0.25) is 5.02 Å². The number of carbonyl (C=O) groups excluding carboxylic acids is 1. The fourth-order valence-corrected chi connectivity index (χ4v) is 2.73. The first-order chi connectivity index (χ1) is 13.2. The summed E-state index contributed by atoms with van der Waals surface area (Å²) in [6.07, 6.45) is 1.43. The average molecular weight is 408 g/mol. The normalized spacial score (nSPS) is 11.3. The van der Waals surface area contributed by atoms with Gasteiger partial charge in [-0.15, -0.1) is 5.10 Å². The fourth-order valence-electron chi connectivity index (χ4n) is 2.45. The van der Waals surface area contributed by atoms with E-state index in [9.17, 15) is 13.6 Å². The SMILES string of the molecule is Cc1ccc(-n2cnnn2)cc1OCC(=O)Nc1ccc(Cl)c(C(C)(F)F)c1. The molecule has 1 heterocycles. The van der Waals surface area contributed by atoms with Gasteiger partial charge in [0, 0.05) is 29.3 Å². The minimum absolute atomic E-state index is 0.0724. The summed E-state index contributed by atoms with van der Waals surface area (Å²) >= 11 is 5.80. The molecule has 7 nitrogen and oxygen atoms in total.